The maximum atomic E-state index is 11.6. The van der Waals surface area contributed by atoms with Gasteiger partial charge in [-0.2, -0.15) is 0 Å². The van der Waals surface area contributed by atoms with Gasteiger partial charge in [-0.1, -0.05) is 12.2 Å². The molecule has 4 nitrogen and oxygen atoms in total. The average molecular weight is 212 g/mol. The summed E-state index contributed by atoms with van der Waals surface area (Å²) in [5, 5.41) is 0. The maximum Gasteiger partial charge on any atom is 0.331 e. The lowest BCUT2D eigenvalue weighted by Gasteiger charge is -2.21. The van der Waals surface area contributed by atoms with E-state index in [9.17, 15) is 9.59 Å². The number of hydrogen-bond acceptors (Lipinski definition) is 4. The van der Waals surface area contributed by atoms with E-state index in [1.54, 1.807) is 13.8 Å². The molecule has 0 aromatic heterocycles. The topological polar surface area (TPSA) is 52.6 Å². The maximum absolute atomic E-state index is 11.6. The lowest BCUT2D eigenvalue weighted by Crippen LogP contribution is -2.38. The smallest absolute Gasteiger partial charge is 0.331 e. The zero-order valence-electron chi connectivity index (χ0n) is 9.12. The number of ether oxygens (including phenoxy) is 2. The van der Waals surface area contributed by atoms with E-state index in [1.807, 2.05) is 0 Å². The molecule has 0 aliphatic heterocycles. The van der Waals surface area contributed by atoms with Gasteiger partial charge in [-0.15, -0.1) is 13.2 Å². The first-order chi connectivity index (χ1) is 7.08. The number of carbonyl (C=O) groups is 2. The van der Waals surface area contributed by atoms with Crippen molar-refractivity contribution in [2.45, 2.75) is 13.8 Å². The fraction of sp³-hybridized carbons (Fsp3) is 0.455. The molecule has 84 valence electrons. The van der Waals surface area contributed by atoms with Crippen molar-refractivity contribution in [1.82, 2.24) is 0 Å². The van der Waals surface area contributed by atoms with Crippen molar-refractivity contribution in [1.29, 1.82) is 0 Å². The first-order valence-corrected chi connectivity index (χ1v) is 4.70. The highest BCUT2D eigenvalue weighted by Gasteiger charge is 2.43. The standard InChI is InChI=1S/C11H16O4/c1-5-11(6-2,9(12)14-7-3)10(13)15-8-4/h5-6H,1-2,7-8H2,3-4H3. The third-order valence-electron chi connectivity index (χ3n) is 1.87. The Morgan fingerprint density at radius 1 is 1.07 bits per heavy atom. The Bertz CT molecular complexity index is 240. The molecule has 0 spiro atoms. The molecule has 0 rings (SSSR count). The van der Waals surface area contributed by atoms with Crippen LogP contribution in [0.5, 0.6) is 0 Å². The summed E-state index contributed by atoms with van der Waals surface area (Å²) in [5.74, 6) is -1.43. The summed E-state index contributed by atoms with van der Waals surface area (Å²) in [4.78, 5) is 23.2. The van der Waals surface area contributed by atoms with E-state index in [4.69, 9.17) is 9.47 Å². The molecule has 0 saturated carbocycles. The fourth-order valence-electron chi connectivity index (χ4n) is 1.00. The van der Waals surface area contributed by atoms with Crippen LogP contribution in [0.2, 0.25) is 0 Å². The molecular formula is C11H16O4. The highest BCUT2D eigenvalue weighted by Crippen LogP contribution is 2.24. The van der Waals surface area contributed by atoms with Crippen molar-refractivity contribution in [3.05, 3.63) is 25.3 Å². The quantitative estimate of drug-likeness (QED) is 0.380. The van der Waals surface area contributed by atoms with Crippen LogP contribution in [-0.2, 0) is 19.1 Å². The SMILES string of the molecule is C=CC(C=C)(C(=O)OCC)C(=O)OCC. The van der Waals surface area contributed by atoms with Gasteiger partial charge < -0.3 is 9.47 Å². The average Bonchev–Trinajstić information content (AvgIpc) is 2.21. The molecule has 0 bridgehead atoms. The number of esters is 2. The molecule has 15 heavy (non-hydrogen) atoms. The van der Waals surface area contributed by atoms with E-state index in [-0.39, 0.29) is 13.2 Å². The molecule has 0 aromatic carbocycles. The number of hydrogen-bond donors (Lipinski definition) is 0. The van der Waals surface area contributed by atoms with Crippen molar-refractivity contribution < 1.29 is 19.1 Å². The normalized spacial score (nSPS) is 10.3. The van der Waals surface area contributed by atoms with E-state index in [0.717, 1.165) is 0 Å². The van der Waals surface area contributed by atoms with Crippen LogP contribution in [0.25, 0.3) is 0 Å². The molecule has 4 heteroatoms. The second-order valence-electron chi connectivity index (χ2n) is 2.72. The van der Waals surface area contributed by atoms with Gasteiger partial charge in [0.05, 0.1) is 13.2 Å². The molecule has 0 aromatic rings. The highest BCUT2D eigenvalue weighted by atomic mass is 16.6. The zero-order valence-corrected chi connectivity index (χ0v) is 9.12. The van der Waals surface area contributed by atoms with E-state index in [1.165, 1.54) is 12.2 Å². The van der Waals surface area contributed by atoms with Crippen molar-refractivity contribution in [3.8, 4) is 0 Å². The summed E-state index contributed by atoms with van der Waals surface area (Å²) in [6.07, 6.45) is 2.35. The molecule has 0 N–H and O–H groups in total. The molecule has 0 atom stereocenters. The Labute approximate surface area is 89.6 Å². The first-order valence-electron chi connectivity index (χ1n) is 4.70. The van der Waals surface area contributed by atoms with E-state index in [2.05, 4.69) is 13.2 Å². The van der Waals surface area contributed by atoms with Gasteiger partial charge in [0.2, 0.25) is 5.41 Å². The van der Waals surface area contributed by atoms with Crippen LogP contribution >= 0.6 is 0 Å². The molecule has 0 saturated heterocycles. The largest absolute Gasteiger partial charge is 0.465 e. The molecule has 0 heterocycles. The van der Waals surface area contributed by atoms with Crippen molar-refractivity contribution in [2.75, 3.05) is 13.2 Å². The van der Waals surface area contributed by atoms with Gasteiger partial charge >= 0.3 is 11.9 Å². The Morgan fingerprint density at radius 3 is 1.60 bits per heavy atom. The monoisotopic (exact) mass is 212 g/mol. The lowest BCUT2D eigenvalue weighted by molar-refractivity contribution is -0.164. The van der Waals surface area contributed by atoms with Crippen LogP contribution in [0.4, 0.5) is 0 Å². The van der Waals surface area contributed by atoms with Crippen molar-refractivity contribution >= 4 is 11.9 Å². The van der Waals surface area contributed by atoms with Gasteiger partial charge in [0, 0.05) is 0 Å². The van der Waals surface area contributed by atoms with Crippen LogP contribution in [0.15, 0.2) is 25.3 Å². The molecule has 0 radical (unpaired) electrons. The second kappa shape index (κ2) is 6.01. The Hall–Kier alpha value is -1.58. The van der Waals surface area contributed by atoms with Crippen LogP contribution < -0.4 is 0 Å². The van der Waals surface area contributed by atoms with Crippen LogP contribution in [-0.4, -0.2) is 25.2 Å². The Morgan fingerprint density at radius 2 is 1.40 bits per heavy atom. The van der Waals surface area contributed by atoms with Gasteiger partial charge in [-0.05, 0) is 13.8 Å². The molecule has 0 fully saturated rings. The highest BCUT2D eigenvalue weighted by molar-refractivity contribution is 6.04. The third kappa shape index (κ3) is 2.68. The lowest BCUT2D eigenvalue weighted by atomic mass is 9.88. The molecule has 0 unspecified atom stereocenters. The summed E-state index contributed by atoms with van der Waals surface area (Å²) in [6, 6.07) is 0. The minimum atomic E-state index is -1.59. The summed E-state index contributed by atoms with van der Waals surface area (Å²) in [5.41, 5.74) is -1.59. The summed E-state index contributed by atoms with van der Waals surface area (Å²) in [6.45, 7) is 10.5. The molecule has 0 aliphatic carbocycles. The van der Waals surface area contributed by atoms with E-state index in [0.29, 0.717) is 0 Å². The van der Waals surface area contributed by atoms with Crippen LogP contribution in [0.1, 0.15) is 13.8 Å². The van der Waals surface area contributed by atoms with Gasteiger partial charge in [0.25, 0.3) is 0 Å². The molecule has 0 aliphatic rings. The first kappa shape index (κ1) is 13.4. The predicted octanol–water partition coefficient (Wildman–Crippen LogP) is 1.47. The third-order valence-corrected chi connectivity index (χ3v) is 1.87. The Balaban J connectivity index is 5.03. The second-order valence-corrected chi connectivity index (χ2v) is 2.72. The van der Waals surface area contributed by atoms with Crippen LogP contribution in [0.3, 0.4) is 0 Å². The van der Waals surface area contributed by atoms with Crippen molar-refractivity contribution in [2.24, 2.45) is 5.41 Å². The minimum absolute atomic E-state index is 0.182. The van der Waals surface area contributed by atoms with Gasteiger partial charge in [0.15, 0.2) is 0 Å². The van der Waals surface area contributed by atoms with E-state index < -0.39 is 17.4 Å². The predicted molar refractivity (Wildman–Crippen MR) is 56.1 cm³/mol. The zero-order chi connectivity index (χ0) is 11.9. The summed E-state index contributed by atoms with van der Waals surface area (Å²) in [7, 11) is 0. The van der Waals surface area contributed by atoms with Gasteiger partial charge in [-0.3, -0.25) is 9.59 Å². The van der Waals surface area contributed by atoms with Crippen LogP contribution in [0, 0.1) is 5.41 Å². The summed E-state index contributed by atoms with van der Waals surface area (Å²) >= 11 is 0. The number of rotatable bonds is 6. The molecule has 0 amide bonds. The van der Waals surface area contributed by atoms with Crippen molar-refractivity contribution in [3.63, 3.8) is 0 Å². The minimum Gasteiger partial charge on any atom is -0.465 e. The molecular weight excluding hydrogens is 196 g/mol. The Kier molecular flexibility index (Phi) is 5.37. The van der Waals surface area contributed by atoms with Gasteiger partial charge in [-0.25, -0.2) is 0 Å². The van der Waals surface area contributed by atoms with Gasteiger partial charge in [0.1, 0.15) is 0 Å². The fourth-order valence-corrected chi connectivity index (χ4v) is 1.00. The van der Waals surface area contributed by atoms with E-state index >= 15 is 0 Å². The number of carbonyl (C=O) groups excluding carboxylic acids is 2. The summed E-state index contributed by atoms with van der Waals surface area (Å²) < 4.78 is 9.55.